The number of likely N-dealkylation sites (tertiary alicyclic amines) is 1. The Morgan fingerprint density at radius 2 is 2.10 bits per heavy atom. The average Bonchev–Trinajstić information content (AvgIpc) is 2.95. The van der Waals surface area contributed by atoms with Crippen LogP contribution in [0.1, 0.15) is 49.2 Å². The molecule has 2 nitrogen and oxygen atoms in total. The molecular weight excluding hydrogens is 288 g/mol. The maximum absolute atomic E-state index is 5.80. The third-order valence-corrected chi connectivity index (χ3v) is 6.21. The summed E-state index contributed by atoms with van der Waals surface area (Å²) in [7, 11) is 0. The number of rotatable bonds is 5. The zero-order chi connectivity index (χ0) is 13.8. The first-order valence-electron chi connectivity index (χ1n) is 8.07. The molecule has 20 heavy (non-hydrogen) atoms. The van der Waals surface area contributed by atoms with Gasteiger partial charge in [0.15, 0.2) is 0 Å². The molecule has 1 aromatic rings. The van der Waals surface area contributed by atoms with Crippen LogP contribution in [-0.2, 0) is 12.3 Å². The van der Waals surface area contributed by atoms with Gasteiger partial charge in [-0.25, -0.2) is 4.98 Å². The van der Waals surface area contributed by atoms with Crippen LogP contribution in [0.25, 0.3) is 0 Å². The lowest BCUT2D eigenvalue weighted by molar-refractivity contribution is 0.0862. The van der Waals surface area contributed by atoms with Crippen molar-refractivity contribution in [3.8, 4) is 0 Å². The van der Waals surface area contributed by atoms with Crippen LogP contribution in [0.2, 0.25) is 0 Å². The summed E-state index contributed by atoms with van der Waals surface area (Å²) in [5.41, 5.74) is 1.04. The molecule has 1 aliphatic carbocycles. The molecule has 4 heteroatoms. The number of hydrogen-bond donors (Lipinski definition) is 0. The molecule has 112 valence electrons. The highest BCUT2D eigenvalue weighted by Crippen LogP contribution is 2.36. The van der Waals surface area contributed by atoms with Gasteiger partial charge in [0.25, 0.3) is 0 Å². The number of fused-ring (bicyclic) bond motifs is 1. The number of piperidine rings is 1. The zero-order valence-electron chi connectivity index (χ0n) is 12.2. The highest BCUT2D eigenvalue weighted by Gasteiger charge is 2.30. The van der Waals surface area contributed by atoms with Gasteiger partial charge < -0.3 is 4.90 Å². The molecular formula is C16H25ClN2S. The summed E-state index contributed by atoms with van der Waals surface area (Å²) in [5.74, 6) is 2.59. The third kappa shape index (κ3) is 3.75. The summed E-state index contributed by atoms with van der Waals surface area (Å²) in [6.07, 6.45) is 9.73. The molecule has 0 radical (unpaired) electrons. The highest BCUT2D eigenvalue weighted by atomic mass is 35.5. The van der Waals surface area contributed by atoms with E-state index in [-0.39, 0.29) is 0 Å². The lowest BCUT2D eigenvalue weighted by Crippen LogP contribution is -2.42. The summed E-state index contributed by atoms with van der Waals surface area (Å²) in [6.45, 7) is 3.93. The second kappa shape index (κ2) is 7.24. The fourth-order valence-corrected chi connectivity index (χ4v) is 4.93. The molecule has 0 bridgehead atoms. The lowest BCUT2D eigenvalue weighted by atomic mass is 9.75. The van der Waals surface area contributed by atoms with Crippen LogP contribution in [-0.4, -0.2) is 29.5 Å². The Kier molecular flexibility index (Phi) is 5.36. The van der Waals surface area contributed by atoms with Gasteiger partial charge in [0.1, 0.15) is 0 Å². The fraction of sp³-hybridized carbons (Fsp3) is 0.812. The smallest absolute Gasteiger partial charge is 0.0929 e. The van der Waals surface area contributed by atoms with Crippen molar-refractivity contribution in [1.29, 1.82) is 0 Å². The Hall–Kier alpha value is -0.120. The van der Waals surface area contributed by atoms with Crippen molar-refractivity contribution in [2.24, 2.45) is 11.8 Å². The van der Waals surface area contributed by atoms with Gasteiger partial charge in [-0.15, -0.1) is 22.9 Å². The van der Waals surface area contributed by atoms with Crippen molar-refractivity contribution in [3.63, 3.8) is 0 Å². The molecule has 1 saturated carbocycles. The molecule has 2 fully saturated rings. The van der Waals surface area contributed by atoms with Crippen molar-refractivity contribution >= 4 is 22.9 Å². The SMILES string of the molecule is ClCc1csc(CCCN2CCC3CCCCC3C2)n1. The van der Waals surface area contributed by atoms with Gasteiger partial charge in [0.2, 0.25) is 0 Å². The number of alkyl halides is 1. The molecule has 0 aromatic carbocycles. The van der Waals surface area contributed by atoms with E-state index in [1.807, 2.05) is 0 Å². The Morgan fingerprint density at radius 3 is 2.90 bits per heavy atom. The maximum atomic E-state index is 5.80. The number of aryl methyl sites for hydroxylation is 1. The predicted octanol–water partition coefficient (Wildman–Crippen LogP) is 4.33. The van der Waals surface area contributed by atoms with Crippen LogP contribution in [0.3, 0.4) is 0 Å². The van der Waals surface area contributed by atoms with Gasteiger partial charge >= 0.3 is 0 Å². The number of hydrogen-bond acceptors (Lipinski definition) is 3. The molecule has 0 N–H and O–H groups in total. The van der Waals surface area contributed by atoms with E-state index in [0.717, 1.165) is 24.0 Å². The van der Waals surface area contributed by atoms with E-state index in [2.05, 4.69) is 15.3 Å². The Balaban J connectivity index is 1.40. The van der Waals surface area contributed by atoms with Gasteiger partial charge in [-0.1, -0.05) is 19.3 Å². The number of aromatic nitrogens is 1. The summed E-state index contributed by atoms with van der Waals surface area (Å²) >= 11 is 7.56. The monoisotopic (exact) mass is 312 g/mol. The largest absolute Gasteiger partial charge is 0.303 e. The minimum Gasteiger partial charge on any atom is -0.303 e. The third-order valence-electron chi connectivity index (χ3n) is 4.98. The van der Waals surface area contributed by atoms with Gasteiger partial charge in [-0.2, -0.15) is 0 Å². The quantitative estimate of drug-likeness (QED) is 0.752. The van der Waals surface area contributed by atoms with Gasteiger partial charge in [0, 0.05) is 18.3 Å². The van der Waals surface area contributed by atoms with E-state index in [9.17, 15) is 0 Å². The Morgan fingerprint density at radius 1 is 1.25 bits per heavy atom. The molecule has 1 aliphatic heterocycles. The summed E-state index contributed by atoms with van der Waals surface area (Å²) < 4.78 is 0. The van der Waals surface area contributed by atoms with Crippen LogP contribution in [0.4, 0.5) is 0 Å². The van der Waals surface area contributed by atoms with E-state index < -0.39 is 0 Å². The van der Waals surface area contributed by atoms with Crippen molar-refractivity contribution < 1.29 is 0 Å². The van der Waals surface area contributed by atoms with Crippen LogP contribution < -0.4 is 0 Å². The molecule has 2 atom stereocenters. The van der Waals surface area contributed by atoms with Crippen LogP contribution >= 0.6 is 22.9 Å². The van der Waals surface area contributed by atoms with Crippen LogP contribution in [0.15, 0.2) is 5.38 Å². The van der Waals surface area contributed by atoms with E-state index in [0.29, 0.717) is 5.88 Å². The van der Waals surface area contributed by atoms with Crippen molar-refractivity contribution in [2.75, 3.05) is 19.6 Å². The van der Waals surface area contributed by atoms with Crippen molar-refractivity contribution in [2.45, 2.75) is 50.8 Å². The summed E-state index contributed by atoms with van der Waals surface area (Å²) in [5, 5.41) is 3.35. The van der Waals surface area contributed by atoms with E-state index >= 15 is 0 Å². The minimum absolute atomic E-state index is 0.547. The number of nitrogens with zero attached hydrogens (tertiary/aromatic N) is 2. The van der Waals surface area contributed by atoms with E-state index in [1.165, 1.54) is 63.2 Å². The number of halogens is 1. The van der Waals surface area contributed by atoms with Gasteiger partial charge in [0.05, 0.1) is 16.6 Å². The molecule has 0 amide bonds. The lowest BCUT2D eigenvalue weighted by Gasteiger charge is -2.41. The van der Waals surface area contributed by atoms with Crippen LogP contribution in [0.5, 0.6) is 0 Å². The van der Waals surface area contributed by atoms with Gasteiger partial charge in [-0.05, 0) is 44.2 Å². The van der Waals surface area contributed by atoms with Crippen molar-refractivity contribution in [3.05, 3.63) is 16.1 Å². The molecule has 2 aliphatic rings. The van der Waals surface area contributed by atoms with Gasteiger partial charge in [-0.3, -0.25) is 0 Å². The average molecular weight is 313 g/mol. The standard InChI is InChI=1S/C16H25ClN2S/c17-10-15-12-20-16(18-15)6-3-8-19-9-7-13-4-1-2-5-14(13)11-19/h12-14H,1-11H2. The first kappa shape index (κ1) is 14.8. The molecule has 0 spiro atoms. The highest BCUT2D eigenvalue weighted by molar-refractivity contribution is 7.09. The minimum atomic E-state index is 0.547. The second-order valence-corrected chi connectivity index (χ2v) is 7.57. The van der Waals surface area contributed by atoms with E-state index in [4.69, 9.17) is 11.6 Å². The topological polar surface area (TPSA) is 16.1 Å². The fourth-order valence-electron chi connectivity index (χ4n) is 3.86. The Bertz CT molecular complexity index is 420. The van der Waals surface area contributed by atoms with E-state index in [1.54, 1.807) is 11.3 Å². The molecule has 2 heterocycles. The Labute approximate surface area is 131 Å². The van der Waals surface area contributed by atoms with Crippen molar-refractivity contribution in [1.82, 2.24) is 9.88 Å². The summed E-state index contributed by atoms with van der Waals surface area (Å²) in [6, 6.07) is 0. The first-order chi connectivity index (χ1) is 9.85. The normalized spacial score (nSPS) is 27.4. The predicted molar refractivity (Wildman–Crippen MR) is 86.5 cm³/mol. The second-order valence-electron chi connectivity index (χ2n) is 6.36. The molecule has 1 saturated heterocycles. The first-order valence-corrected chi connectivity index (χ1v) is 9.48. The maximum Gasteiger partial charge on any atom is 0.0929 e. The summed E-state index contributed by atoms with van der Waals surface area (Å²) in [4.78, 5) is 7.24. The molecule has 2 unspecified atom stereocenters. The zero-order valence-corrected chi connectivity index (χ0v) is 13.8. The molecule has 1 aromatic heterocycles. The van der Waals surface area contributed by atoms with Crippen LogP contribution in [0, 0.1) is 11.8 Å². The number of thiazole rings is 1. The molecule has 3 rings (SSSR count).